The van der Waals surface area contributed by atoms with Gasteiger partial charge < -0.3 is 10.2 Å². The molecular formula is C18H20Cl2N4O2. The maximum absolute atomic E-state index is 12.6. The first-order valence-electron chi connectivity index (χ1n) is 8.42. The third kappa shape index (κ3) is 3.86. The fraction of sp³-hybridized carbons (Fsp3) is 0.389. The van der Waals surface area contributed by atoms with E-state index in [1.807, 2.05) is 26.0 Å². The van der Waals surface area contributed by atoms with Crippen LogP contribution in [0.25, 0.3) is 0 Å². The van der Waals surface area contributed by atoms with Crippen molar-refractivity contribution in [3.05, 3.63) is 46.1 Å². The van der Waals surface area contributed by atoms with Crippen LogP contribution in [0, 0.1) is 5.92 Å². The van der Waals surface area contributed by atoms with Crippen LogP contribution in [0.4, 0.5) is 5.82 Å². The quantitative estimate of drug-likeness (QED) is 0.844. The molecule has 0 bridgehead atoms. The first-order valence-corrected chi connectivity index (χ1v) is 9.17. The summed E-state index contributed by atoms with van der Waals surface area (Å²) >= 11 is 12.3. The van der Waals surface area contributed by atoms with Crippen LogP contribution < -0.4 is 5.32 Å². The standard InChI is InChI=1S/C18H20Cl2N4O2/c1-11(2)23-9-13(8-16(23)25)18(26)22-15-6-7-21-24(15)10-12-4-3-5-14(19)17(12)20/h3-7,11,13H,8-10H2,1-2H3,(H,22,26). The van der Waals surface area contributed by atoms with Crippen LogP contribution in [0.15, 0.2) is 30.5 Å². The molecule has 1 aromatic heterocycles. The Morgan fingerprint density at radius 3 is 2.81 bits per heavy atom. The van der Waals surface area contributed by atoms with Gasteiger partial charge in [-0.15, -0.1) is 0 Å². The van der Waals surface area contributed by atoms with E-state index in [9.17, 15) is 9.59 Å². The number of nitrogens with one attached hydrogen (secondary N) is 1. The molecule has 1 aromatic carbocycles. The summed E-state index contributed by atoms with van der Waals surface area (Å²) < 4.78 is 1.65. The first-order chi connectivity index (χ1) is 12.4. The maximum atomic E-state index is 12.6. The summed E-state index contributed by atoms with van der Waals surface area (Å²) in [4.78, 5) is 26.3. The Hall–Kier alpha value is -2.05. The minimum Gasteiger partial charge on any atom is -0.339 e. The van der Waals surface area contributed by atoms with Gasteiger partial charge in [0.25, 0.3) is 0 Å². The van der Waals surface area contributed by atoms with Crippen LogP contribution in [-0.2, 0) is 16.1 Å². The first kappa shape index (κ1) is 18.7. The lowest BCUT2D eigenvalue weighted by Gasteiger charge is -2.20. The number of likely N-dealkylation sites (tertiary alicyclic amines) is 1. The van der Waals surface area contributed by atoms with E-state index in [1.165, 1.54) is 0 Å². The summed E-state index contributed by atoms with van der Waals surface area (Å²) in [6, 6.07) is 7.20. The molecule has 0 aliphatic carbocycles. The predicted molar refractivity (Wildman–Crippen MR) is 101 cm³/mol. The van der Waals surface area contributed by atoms with Crippen LogP contribution in [0.2, 0.25) is 10.0 Å². The average molecular weight is 395 g/mol. The van der Waals surface area contributed by atoms with Crippen LogP contribution in [0.3, 0.4) is 0 Å². The van der Waals surface area contributed by atoms with Crippen molar-refractivity contribution in [1.82, 2.24) is 14.7 Å². The third-order valence-corrected chi connectivity index (χ3v) is 5.33. The normalized spacial score (nSPS) is 17.2. The average Bonchev–Trinajstić information content (AvgIpc) is 3.18. The molecule has 6 nitrogen and oxygen atoms in total. The summed E-state index contributed by atoms with van der Waals surface area (Å²) in [7, 11) is 0. The van der Waals surface area contributed by atoms with E-state index in [2.05, 4.69) is 10.4 Å². The van der Waals surface area contributed by atoms with E-state index in [0.29, 0.717) is 29.0 Å². The predicted octanol–water partition coefficient (Wildman–Crippen LogP) is 3.43. The molecule has 8 heteroatoms. The largest absolute Gasteiger partial charge is 0.339 e. The van der Waals surface area contributed by atoms with Gasteiger partial charge in [-0.3, -0.25) is 9.59 Å². The maximum Gasteiger partial charge on any atom is 0.230 e. The summed E-state index contributed by atoms with van der Waals surface area (Å²) in [5, 5.41) is 8.06. The van der Waals surface area contributed by atoms with Gasteiger partial charge >= 0.3 is 0 Å². The number of anilines is 1. The molecule has 2 amide bonds. The molecule has 2 heterocycles. The fourth-order valence-corrected chi connectivity index (χ4v) is 3.41. The van der Waals surface area contributed by atoms with Gasteiger partial charge in [-0.25, -0.2) is 4.68 Å². The molecule has 1 N–H and O–H groups in total. The molecule has 1 aliphatic rings. The number of benzene rings is 1. The Morgan fingerprint density at radius 1 is 1.35 bits per heavy atom. The molecule has 0 saturated carbocycles. The van der Waals surface area contributed by atoms with E-state index < -0.39 is 0 Å². The molecule has 1 saturated heterocycles. The lowest BCUT2D eigenvalue weighted by atomic mass is 10.1. The minimum absolute atomic E-state index is 0.0133. The van der Waals surface area contributed by atoms with Gasteiger partial charge in [0.1, 0.15) is 5.82 Å². The second-order valence-corrected chi connectivity index (χ2v) is 7.40. The number of rotatable bonds is 5. The molecule has 1 unspecified atom stereocenters. The highest BCUT2D eigenvalue weighted by atomic mass is 35.5. The number of carbonyl (C=O) groups excluding carboxylic acids is 2. The van der Waals surface area contributed by atoms with Crippen molar-refractivity contribution < 1.29 is 9.59 Å². The van der Waals surface area contributed by atoms with Crippen molar-refractivity contribution in [2.45, 2.75) is 32.9 Å². The van der Waals surface area contributed by atoms with Crippen LogP contribution in [-0.4, -0.2) is 39.1 Å². The lowest BCUT2D eigenvalue weighted by molar-refractivity contribution is -0.129. The number of aromatic nitrogens is 2. The Labute approximate surface area is 162 Å². The molecule has 0 spiro atoms. The molecule has 1 aliphatic heterocycles. The highest BCUT2D eigenvalue weighted by Gasteiger charge is 2.35. The van der Waals surface area contributed by atoms with Crippen LogP contribution in [0.5, 0.6) is 0 Å². The Balaban J connectivity index is 1.70. The van der Waals surface area contributed by atoms with Gasteiger partial charge in [-0.1, -0.05) is 35.3 Å². The van der Waals surface area contributed by atoms with Crippen molar-refractivity contribution >= 4 is 40.8 Å². The molecule has 138 valence electrons. The van der Waals surface area contributed by atoms with Gasteiger partial charge in [0, 0.05) is 25.1 Å². The number of halogens is 2. The molecule has 1 fully saturated rings. The molecule has 26 heavy (non-hydrogen) atoms. The van der Waals surface area contributed by atoms with Crippen molar-refractivity contribution in [3.8, 4) is 0 Å². The highest BCUT2D eigenvalue weighted by molar-refractivity contribution is 6.42. The number of amides is 2. The van der Waals surface area contributed by atoms with E-state index >= 15 is 0 Å². The van der Waals surface area contributed by atoms with E-state index in [4.69, 9.17) is 23.2 Å². The topological polar surface area (TPSA) is 67.2 Å². The summed E-state index contributed by atoms with van der Waals surface area (Å²) in [6.45, 7) is 4.71. The van der Waals surface area contributed by atoms with Crippen molar-refractivity contribution in [3.63, 3.8) is 0 Å². The zero-order chi connectivity index (χ0) is 18.8. The summed E-state index contributed by atoms with van der Waals surface area (Å²) in [5.41, 5.74) is 0.806. The summed E-state index contributed by atoms with van der Waals surface area (Å²) in [6.07, 6.45) is 1.84. The SMILES string of the molecule is CC(C)N1CC(C(=O)Nc2ccnn2Cc2cccc(Cl)c2Cl)CC1=O. The van der Waals surface area contributed by atoms with Crippen molar-refractivity contribution in [1.29, 1.82) is 0 Å². The van der Waals surface area contributed by atoms with E-state index in [1.54, 1.807) is 27.9 Å². The van der Waals surface area contributed by atoms with E-state index in [0.717, 1.165) is 5.56 Å². The minimum atomic E-state index is -0.358. The van der Waals surface area contributed by atoms with Crippen LogP contribution in [0.1, 0.15) is 25.8 Å². The lowest BCUT2D eigenvalue weighted by Crippen LogP contribution is -2.33. The zero-order valence-electron chi connectivity index (χ0n) is 14.6. The van der Waals surface area contributed by atoms with Gasteiger partial charge in [-0.05, 0) is 25.5 Å². The number of carbonyl (C=O) groups is 2. The highest BCUT2D eigenvalue weighted by Crippen LogP contribution is 2.27. The smallest absolute Gasteiger partial charge is 0.230 e. The second kappa shape index (κ2) is 7.68. The summed E-state index contributed by atoms with van der Waals surface area (Å²) in [5.74, 6) is 0.0318. The second-order valence-electron chi connectivity index (χ2n) is 6.62. The monoisotopic (exact) mass is 394 g/mol. The Bertz CT molecular complexity index is 834. The zero-order valence-corrected chi connectivity index (χ0v) is 16.1. The molecular weight excluding hydrogens is 375 g/mol. The molecule has 3 rings (SSSR count). The number of nitrogens with zero attached hydrogens (tertiary/aromatic N) is 3. The van der Waals surface area contributed by atoms with Gasteiger partial charge in [0.2, 0.25) is 11.8 Å². The molecule has 0 radical (unpaired) electrons. The fourth-order valence-electron chi connectivity index (χ4n) is 3.03. The van der Waals surface area contributed by atoms with Gasteiger partial charge in [0.15, 0.2) is 0 Å². The number of hydrogen-bond donors (Lipinski definition) is 1. The molecule has 2 aromatic rings. The van der Waals surface area contributed by atoms with Crippen LogP contribution >= 0.6 is 23.2 Å². The van der Waals surface area contributed by atoms with Gasteiger partial charge in [-0.2, -0.15) is 5.10 Å². The Kier molecular flexibility index (Phi) is 5.53. The molecule has 1 atom stereocenters. The van der Waals surface area contributed by atoms with Gasteiger partial charge in [0.05, 0.1) is 28.7 Å². The Morgan fingerprint density at radius 2 is 2.12 bits per heavy atom. The number of hydrogen-bond acceptors (Lipinski definition) is 3. The third-order valence-electron chi connectivity index (χ3n) is 4.47. The van der Waals surface area contributed by atoms with Crippen molar-refractivity contribution in [2.75, 3.05) is 11.9 Å². The van der Waals surface area contributed by atoms with Crippen molar-refractivity contribution in [2.24, 2.45) is 5.92 Å². The van der Waals surface area contributed by atoms with E-state index in [-0.39, 0.29) is 30.2 Å².